The van der Waals surface area contributed by atoms with Crippen molar-refractivity contribution in [2.45, 2.75) is 32.6 Å². The molecule has 0 bridgehead atoms. The molecule has 1 amide bonds. The number of fused-ring (bicyclic) bond motifs is 1. The van der Waals surface area contributed by atoms with E-state index in [0.29, 0.717) is 31.9 Å². The van der Waals surface area contributed by atoms with Crippen molar-refractivity contribution in [3.05, 3.63) is 0 Å². The van der Waals surface area contributed by atoms with Gasteiger partial charge >= 0.3 is 7.12 Å². The molecule has 2 aliphatic heterocycles. The monoisotopic (exact) mass is 312 g/mol. The third-order valence-electron chi connectivity index (χ3n) is 4.68. The number of aliphatic hydroxyl groups is 1. The van der Waals surface area contributed by atoms with Gasteiger partial charge in [-0.25, -0.2) is 0 Å². The fourth-order valence-electron chi connectivity index (χ4n) is 3.34. The van der Waals surface area contributed by atoms with Crippen LogP contribution in [0.5, 0.6) is 0 Å². The fourth-order valence-corrected chi connectivity index (χ4v) is 3.34. The molecule has 2 saturated heterocycles. The molecule has 22 heavy (non-hydrogen) atoms. The summed E-state index contributed by atoms with van der Waals surface area (Å²) in [6.45, 7) is 4.86. The summed E-state index contributed by atoms with van der Waals surface area (Å²) >= 11 is 0. The first-order valence-electron chi connectivity index (χ1n) is 7.95. The lowest BCUT2D eigenvalue weighted by molar-refractivity contribution is -0.142. The van der Waals surface area contributed by atoms with Crippen LogP contribution in [0.2, 0.25) is 6.32 Å². The Morgan fingerprint density at radius 1 is 1.59 bits per heavy atom. The van der Waals surface area contributed by atoms with E-state index >= 15 is 0 Å². The normalized spacial score (nSPS) is 30.4. The number of carbonyl (C=O) groups is 2. The number of carbonyl (C=O) groups excluding carboxylic acids is 2. The number of aliphatic hydroxyl groups excluding tert-OH is 1. The summed E-state index contributed by atoms with van der Waals surface area (Å²) in [5.74, 6) is -0.583. The molecule has 0 unspecified atom stereocenters. The molecule has 2 heterocycles. The van der Waals surface area contributed by atoms with Crippen molar-refractivity contribution in [3.63, 3.8) is 0 Å². The third kappa shape index (κ3) is 3.61. The summed E-state index contributed by atoms with van der Waals surface area (Å²) in [5.41, 5.74) is 5.60. The summed E-state index contributed by atoms with van der Waals surface area (Å²) in [7, 11) is -0.495. The fraction of sp³-hybridized carbons (Fsp3) is 0.857. The van der Waals surface area contributed by atoms with Gasteiger partial charge in [0.2, 0.25) is 5.91 Å². The Morgan fingerprint density at radius 2 is 2.32 bits per heavy atom. The van der Waals surface area contributed by atoms with Crippen molar-refractivity contribution in [2.24, 2.45) is 23.5 Å². The molecule has 0 radical (unpaired) electrons. The average molecular weight is 312 g/mol. The number of hydrogen-bond donors (Lipinski definition) is 2. The number of hydrogen-bond acceptors (Lipinski definition) is 6. The molecule has 7 nitrogen and oxygen atoms in total. The number of rotatable bonds is 4. The van der Waals surface area contributed by atoms with Crippen LogP contribution in [0.15, 0.2) is 0 Å². The molecule has 0 aromatic carbocycles. The molecule has 0 aliphatic carbocycles. The minimum Gasteiger partial charge on any atom is -0.509 e. The summed E-state index contributed by atoms with van der Waals surface area (Å²) in [6.07, 6.45) is 1.56. The van der Waals surface area contributed by atoms with E-state index < -0.39 is 19.8 Å². The number of nitrogens with zero attached hydrogens (tertiary/aromatic N) is 1. The molecule has 0 saturated carbocycles. The van der Waals surface area contributed by atoms with E-state index in [9.17, 15) is 9.59 Å². The Hall–Kier alpha value is -1.12. The van der Waals surface area contributed by atoms with Crippen LogP contribution in [0.4, 0.5) is 0 Å². The van der Waals surface area contributed by atoms with Gasteiger partial charge in [0, 0.05) is 19.7 Å². The molecule has 3 N–H and O–H groups in total. The Kier molecular flexibility index (Phi) is 5.83. The largest absolute Gasteiger partial charge is 0.527 e. The van der Waals surface area contributed by atoms with E-state index in [2.05, 4.69) is 6.92 Å². The minimum absolute atomic E-state index is 0.0740. The Morgan fingerprint density at radius 3 is 2.95 bits per heavy atom. The zero-order valence-electron chi connectivity index (χ0n) is 13.2. The molecular formula is C14H25BN2O5. The van der Waals surface area contributed by atoms with Crippen LogP contribution >= 0.6 is 0 Å². The highest BCUT2D eigenvalue weighted by atomic mass is 16.6. The maximum atomic E-state index is 12.4. The number of likely N-dealkylation sites (tertiary alicyclic amines) is 1. The Labute approximate surface area is 131 Å². The average Bonchev–Trinajstić information content (AvgIpc) is 2.95. The van der Waals surface area contributed by atoms with Crippen LogP contribution in [-0.2, 0) is 18.9 Å². The second-order valence-electron chi connectivity index (χ2n) is 6.18. The minimum atomic E-state index is -0.924. The predicted molar refractivity (Wildman–Crippen MR) is 80.7 cm³/mol. The molecule has 0 aromatic rings. The second-order valence-corrected chi connectivity index (χ2v) is 6.18. The van der Waals surface area contributed by atoms with E-state index in [-0.39, 0.29) is 23.7 Å². The van der Waals surface area contributed by atoms with E-state index in [1.54, 1.807) is 4.90 Å². The van der Waals surface area contributed by atoms with E-state index in [1.165, 1.54) is 0 Å². The maximum absolute atomic E-state index is 12.4. The van der Waals surface area contributed by atoms with E-state index in [1.807, 2.05) is 6.92 Å². The van der Waals surface area contributed by atoms with Crippen molar-refractivity contribution in [1.29, 1.82) is 0 Å². The molecule has 124 valence electrons. The topological polar surface area (TPSA) is 102 Å². The highest BCUT2D eigenvalue weighted by Gasteiger charge is 2.46. The third-order valence-corrected chi connectivity index (χ3v) is 4.68. The molecule has 4 atom stereocenters. The van der Waals surface area contributed by atoms with E-state index in [4.69, 9.17) is 20.1 Å². The number of amides is 1. The van der Waals surface area contributed by atoms with Gasteiger partial charge < -0.3 is 25.0 Å². The Bertz CT molecular complexity index is 422. The van der Waals surface area contributed by atoms with Crippen LogP contribution < -0.4 is 5.73 Å². The standard InChI is InChI=1S/C14H25BN2O5/c1-3-21-15-5-4-9(2)10-6-17(13(19)12(16)8-18)7-11(10)14(20)22-15/h9-12,18H,3-8,16H2,1-2H3/t9-,10-,11-,12+/m1/s1. The first kappa shape index (κ1) is 17.2. The highest BCUT2D eigenvalue weighted by molar-refractivity contribution is 6.46. The summed E-state index contributed by atoms with van der Waals surface area (Å²) in [5, 5.41) is 9.03. The molecular weight excluding hydrogens is 287 g/mol. The van der Waals surface area contributed by atoms with Crippen molar-refractivity contribution in [2.75, 3.05) is 26.3 Å². The zero-order valence-corrected chi connectivity index (χ0v) is 13.2. The van der Waals surface area contributed by atoms with Crippen molar-refractivity contribution >= 4 is 19.0 Å². The lowest BCUT2D eigenvalue weighted by Crippen LogP contribution is -2.45. The molecule has 2 rings (SSSR count). The van der Waals surface area contributed by atoms with Gasteiger partial charge in [0.1, 0.15) is 6.04 Å². The van der Waals surface area contributed by atoms with Gasteiger partial charge in [-0.05, 0) is 25.1 Å². The van der Waals surface area contributed by atoms with Gasteiger partial charge in [0.05, 0.1) is 12.5 Å². The van der Waals surface area contributed by atoms with Crippen LogP contribution in [0.1, 0.15) is 20.3 Å². The summed E-state index contributed by atoms with van der Waals surface area (Å²) in [6, 6.07) is -0.924. The van der Waals surface area contributed by atoms with Crippen molar-refractivity contribution in [1.82, 2.24) is 4.90 Å². The van der Waals surface area contributed by atoms with Crippen LogP contribution in [0.3, 0.4) is 0 Å². The first-order chi connectivity index (χ1) is 10.5. The molecule has 2 aliphatic rings. The lowest BCUT2D eigenvalue weighted by atomic mass is 9.72. The zero-order chi connectivity index (χ0) is 16.3. The van der Waals surface area contributed by atoms with Gasteiger partial charge in [-0.3, -0.25) is 9.59 Å². The van der Waals surface area contributed by atoms with Gasteiger partial charge in [-0.15, -0.1) is 0 Å². The van der Waals surface area contributed by atoms with Crippen molar-refractivity contribution < 1.29 is 24.0 Å². The van der Waals surface area contributed by atoms with Gasteiger partial charge in [0.15, 0.2) is 0 Å². The van der Waals surface area contributed by atoms with Crippen LogP contribution in [-0.4, -0.2) is 61.3 Å². The summed E-state index contributed by atoms with van der Waals surface area (Å²) in [4.78, 5) is 26.1. The maximum Gasteiger partial charge on any atom is 0.527 e. The van der Waals surface area contributed by atoms with Gasteiger partial charge in [0.25, 0.3) is 5.97 Å². The van der Waals surface area contributed by atoms with Crippen LogP contribution in [0.25, 0.3) is 0 Å². The smallest absolute Gasteiger partial charge is 0.509 e. The Balaban J connectivity index is 2.09. The second kappa shape index (κ2) is 7.43. The molecule has 2 fully saturated rings. The van der Waals surface area contributed by atoms with Crippen LogP contribution in [0, 0.1) is 17.8 Å². The first-order valence-corrected chi connectivity index (χ1v) is 7.95. The highest BCUT2D eigenvalue weighted by Crippen LogP contribution is 2.35. The predicted octanol–water partition coefficient (Wildman–Crippen LogP) is -0.512. The van der Waals surface area contributed by atoms with Gasteiger partial charge in [-0.1, -0.05) is 13.3 Å². The lowest BCUT2D eigenvalue weighted by Gasteiger charge is -2.28. The van der Waals surface area contributed by atoms with E-state index in [0.717, 1.165) is 6.42 Å². The quantitative estimate of drug-likeness (QED) is 0.678. The summed E-state index contributed by atoms with van der Waals surface area (Å²) < 4.78 is 10.9. The molecule has 0 aromatic heterocycles. The van der Waals surface area contributed by atoms with Gasteiger partial charge in [-0.2, -0.15) is 0 Å². The van der Waals surface area contributed by atoms with Crippen molar-refractivity contribution in [3.8, 4) is 0 Å². The SMILES string of the molecule is CCOB1CC[C@@H](C)[C@H]2CN(C(=O)[C@@H](N)CO)C[C@H]2C(=O)O1. The molecule has 0 spiro atoms. The molecule has 8 heteroatoms. The number of nitrogens with two attached hydrogens (primary N) is 1.